The summed E-state index contributed by atoms with van der Waals surface area (Å²) >= 11 is 0. The van der Waals surface area contributed by atoms with E-state index >= 15 is 0 Å². The van der Waals surface area contributed by atoms with Crippen molar-refractivity contribution < 1.29 is 22.7 Å². The largest absolute Gasteiger partial charge is 0.433 e. The molecule has 0 heterocycles. The SMILES string of the molecule is [CH]=C(CC[C@H](CC=C)C(F)(F)F)OC=O. The molecule has 0 N–H and O–H groups in total. The van der Waals surface area contributed by atoms with Gasteiger partial charge in [-0.05, 0) is 19.4 Å². The third-order valence-corrected chi connectivity index (χ3v) is 1.85. The molecule has 0 aromatic carbocycles. The van der Waals surface area contributed by atoms with E-state index in [4.69, 9.17) is 6.58 Å². The predicted octanol–water partition coefficient (Wildman–Crippen LogP) is 3.01. The minimum absolute atomic E-state index is 0.0887. The second-order valence-corrected chi connectivity index (χ2v) is 2.98. The molecule has 0 aliphatic carbocycles. The summed E-state index contributed by atoms with van der Waals surface area (Å²) in [7, 11) is 0. The third kappa shape index (κ3) is 5.93. The molecule has 85 valence electrons. The van der Waals surface area contributed by atoms with Gasteiger partial charge in [-0.15, -0.1) is 6.58 Å². The van der Waals surface area contributed by atoms with Crippen molar-refractivity contribution >= 4 is 6.47 Å². The molecule has 0 spiro atoms. The average Bonchev–Trinajstić information content (AvgIpc) is 2.10. The van der Waals surface area contributed by atoms with Crippen molar-refractivity contribution in [3.63, 3.8) is 0 Å². The molecule has 0 saturated heterocycles. The average molecular weight is 221 g/mol. The second kappa shape index (κ2) is 6.27. The van der Waals surface area contributed by atoms with E-state index < -0.39 is 12.1 Å². The highest BCUT2D eigenvalue weighted by Gasteiger charge is 2.38. The number of ether oxygens (including phenoxy) is 1. The summed E-state index contributed by atoms with van der Waals surface area (Å²) < 4.78 is 41.2. The van der Waals surface area contributed by atoms with Crippen LogP contribution in [0.2, 0.25) is 0 Å². The topological polar surface area (TPSA) is 26.3 Å². The standard InChI is InChI=1S/C10H12F3O2/c1-3-4-9(10(11,12)13)6-5-8(2)15-7-14/h2-3,7,9H,1,4-6H2/t9-/m0/s1. The molecule has 5 heteroatoms. The van der Waals surface area contributed by atoms with Crippen molar-refractivity contribution in [2.75, 3.05) is 0 Å². The van der Waals surface area contributed by atoms with Crippen LogP contribution in [0.5, 0.6) is 0 Å². The Morgan fingerprint density at radius 3 is 2.53 bits per heavy atom. The van der Waals surface area contributed by atoms with E-state index in [-0.39, 0.29) is 31.5 Å². The number of halogens is 3. The van der Waals surface area contributed by atoms with Gasteiger partial charge in [-0.2, -0.15) is 13.2 Å². The number of carbonyl (C=O) groups is 1. The molecule has 0 unspecified atom stereocenters. The molecule has 0 saturated carbocycles. The van der Waals surface area contributed by atoms with Crippen LogP contribution in [0, 0.1) is 12.5 Å². The van der Waals surface area contributed by atoms with Crippen molar-refractivity contribution in [1.29, 1.82) is 0 Å². The van der Waals surface area contributed by atoms with E-state index in [0.29, 0.717) is 0 Å². The molecular formula is C10H12F3O2. The van der Waals surface area contributed by atoms with Crippen LogP contribution in [0.1, 0.15) is 19.3 Å². The normalized spacial score (nSPS) is 13.0. The maximum absolute atomic E-state index is 12.3. The zero-order valence-corrected chi connectivity index (χ0v) is 8.09. The summed E-state index contributed by atoms with van der Waals surface area (Å²) in [6.45, 7) is 8.48. The zero-order valence-electron chi connectivity index (χ0n) is 8.09. The van der Waals surface area contributed by atoms with Crippen LogP contribution < -0.4 is 0 Å². The van der Waals surface area contributed by atoms with Gasteiger partial charge in [-0.3, -0.25) is 4.79 Å². The monoisotopic (exact) mass is 221 g/mol. The predicted molar refractivity (Wildman–Crippen MR) is 48.6 cm³/mol. The molecule has 0 aliphatic heterocycles. The van der Waals surface area contributed by atoms with Crippen LogP contribution in [-0.2, 0) is 9.53 Å². The van der Waals surface area contributed by atoms with Gasteiger partial charge in [0.1, 0.15) is 5.76 Å². The van der Waals surface area contributed by atoms with E-state index in [1.165, 1.54) is 6.08 Å². The molecule has 1 atom stereocenters. The lowest BCUT2D eigenvalue weighted by Gasteiger charge is -2.18. The van der Waals surface area contributed by atoms with Gasteiger partial charge in [-0.1, -0.05) is 6.08 Å². The fourth-order valence-corrected chi connectivity index (χ4v) is 1.05. The molecule has 0 aliphatic rings. The molecule has 1 radical (unpaired) electrons. The summed E-state index contributed by atoms with van der Waals surface area (Å²) in [6, 6.07) is 0. The first-order valence-electron chi connectivity index (χ1n) is 4.31. The van der Waals surface area contributed by atoms with E-state index in [9.17, 15) is 18.0 Å². The third-order valence-electron chi connectivity index (χ3n) is 1.85. The first-order chi connectivity index (χ1) is 6.91. The smallest absolute Gasteiger partial charge is 0.392 e. The Labute approximate surface area is 86.4 Å². The van der Waals surface area contributed by atoms with Crippen LogP contribution in [0.4, 0.5) is 13.2 Å². The Balaban J connectivity index is 4.12. The van der Waals surface area contributed by atoms with Gasteiger partial charge in [0.2, 0.25) is 0 Å². The Morgan fingerprint density at radius 1 is 1.53 bits per heavy atom. The molecule has 15 heavy (non-hydrogen) atoms. The van der Waals surface area contributed by atoms with Crippen LogP contribution >= 0.6 is 0 Å². The van der Waals surface area contributed by atoms with E-state index in [1.54, 1.807) is 0 Å². The highest BCUT2D eigenvalue weighted by Crippen LogP contribution is 2.33. The molecular weight excluding hydrogens is 209 g/mol. The summed E-state index contributed by atoms with van der Waals surface area (Å²) in [5.41, 5.74) is 0. The van der Waals surface area contributed by atoms with E-state index in [1.807, 2.05) is 0 Å². The lowest BCUT2D eigenvalue weighted by atomic mass is 9.98. The first-order valence-corrected chi connectivity index (χ1v) is 4.31. The van der Waals surface area contributed by atoms with Crippen molar-refractivity contribution in [2.45, 2.75) is 25.4 Å². The summed E-state index contributed by atoms with van der Waals surface area (Å²) in [6.07, 6.45) is -3.56. The number of carbonyl (C=O) groups excluding carboxylic acids is 1. The Bertz CT molecular complexity index is 233. The van der Waals surface area contributed by atoms with Gasteiger partial charge in [0.25, 0.3) is 6.47 Å². The maximum Gasteiger partial charge on any atom is 0.392 e. The number of hydrogen-bond donors (Lipinski definition) is 0. The molecule has 0 amide bonds. The zero-order chi connectivity index (χ0) is 11.9. The van der Waals surface area contributed by atoms with Gasteiger partial charge in [0, 0.05) is 6.42 Å². The number of allylic oxidation sites excluding steroid dienone is 2. The summed E-state index contributed by atoms with van der Waals surface area (Å²) in [5.74, 6) is -1.70. The van der Waals surface area contributed by atoms with Crippen LogP contribution in [0.3, 0.4) is 0 Å². The molecule has 0 aromatic rings. The fraction of sp³-hybridized carbons (Fsp3) is 0.500. The van der Waals surface area contributed by atoms with E-state index in [0.717, 1.165) is 0 Å². The Morgan fingerprint density at radius 2 is 2.13 bits per heavy atom. The first kappa shape index (κ1) is 13.7. The van der Waals surface area contributed by atoms with Crippen LogP contribution in [-0.4, -0.2) is 12.6 Å². The molecule has 0 bridgehead atoms. The van der Waals surface area contributed by atoms with Gasteiger partial charge >= 0.3 is 6.18 Å². The summed E-state index contributed by atoms with van der Waals surface area (Å²) in [4.78, 5) is 9.82. The minimum atomic E-state index is -4.28. The van der Waals surface area contributed by atoms with Gasteiger partial charge in [0.05, 0.1) is 5.92 Å². The molecule has 2 nitrogen and oxygen atoms in total. The molecule has 0 aromatic heterocycles. The number of hydrogen-bond acceptors (Lipinski definition) is 2. The maximum atomic E-state index is 12.3. The quantitative estimate of drug-likeness (QED) is 0.375. The van der Waals surface area contributed by atoms with Crippen molar-refractivity contribution in [3.8, 4) is 0 Å². The molecule has 0 rings (SSSR count). The van der Waals surface area contributed by atoms with Crippen molar-refractivity contribution in [2.24, 2.45) is 5.92 Å². The highest BCUT2D eigenvalue weighted by molar-refractivity contribution is 5.39. The second-order valence-electron chi connectivity index (χ2n) is 2.98. The van der Waals surface area contributed by atoms with Crippen molar-refractivity contribution in [3.05, 3.63) is 25.0 Å². The Kier molecular flexibility index (Phi) is 5.74. The Hall–Kier alpha value is -1.26. The minimum Gasteiger partial charge on any atom is -0.433 e. The summed E-state index contributed by atoms with van der Waals surface area (Å²) in [5, 5.41) is 0. The highest BCUT2D eigenvalue weighted by atomic mass is 19.4. The molecule has 0 fully saturated rings. The van der Waals surface area contributed by atoms with Crippen LogP contribution in [0.15, 0.2) is 18.4 Å². The van der Waals surface area contributed by atoms with Gasteiger partial charge in [-0.25, -0.2) is 0 Å². The van der Waals surface area contributed by atoms with E-state index in [2.05, 4.69) is 11.3 Å². The number of rotatable bonds is 7. The lowest BCUT2D eigenvalue weighted by Crippen LogP contribution is -2.22. The van der Waals surface area contributed by atoms with Crippen molar-refractivity contribution in [1.82, 2.24) is 0 Å². The number of alkyl halides is 3. The van der Waals surface area contributed by atoms with Gasteiger partial charge in [0.15, 0.2) is 0 Å². The fourth-order valence-electron chi connectivity index (χ4n) is 1.05. The van der Waals surface area contributed by atoms with Gasteiger partial charge < -0.3 is 4.74 Å². The lowest BCUT2D eigenvalue weighted by molar-refractivity contribution is -0.175. The van der Waals surface area contributed by atoms with Crippen LogP contribution in [0.25, 0.3) is 0 Å².